The minimum absolute atomic E-state index is 0. The van der Waals surface area contributed by atoms with E-state index in [1.165, 1.54) is 10.6 Å². The SMILES string of the molecule is CNC1CCCN(C(=O)c2ccc3c(c2)CCN3S(C)(=O)=O)C1.Cl. The van der Waals surface area contributed by atoms with Gasteiger partial charge >= 0.3 is 0 Å². The van der Waals surface area contributed by atoms with Gasteiger partial charge in [0.05, 0.1) is 11.9 Å². The minimum atomic E-state index is -3.25. The van der Waals surface area contributed by atoms with Crippen molar-refractivity contribution in [2.45, 2.75) is 25.3 Å². The van der Waals surface area contributed by atoms with Gasteiger partial charge in [0, 0.05) is 31.2 Å². The van der Waals surface area contributed by atoms with E-state index >= 15 is 0 Å². The molecule has 2 aliphatic rings. The van der Waals surface area contributed by atoms with E-state index in [0.29, 0.717) is 30.3 Å². The first-order valence-electron chi connectivity index (χ1n) is 7.97. The summed E-state index contributed by atoms with van der Waals surface area (Å²) < 4.78 is 25.0. The fourth-order valence-corrected chi connectivity index (χ4v) is 4.39. The summed E-state index contributed by atoms with van der Waals surface area (Å²) in [6.45, 7) is 1.96. The molecule has 8 heteroatoms. The van der Waals surface area contributed by atoms with Crippen LogP contribution in [0.15, 0.2) is 18.2 Å². The lowest BCUT2D eigenvalue weighted by atomic mass is 10.0. The van der Waals surface area contributed by atoms with Gasteiger partial charge in [-0.2, -0.15) is 0 Å². The fraction of sp³-hybridized carbons (Fsp3) is 0.562. The maximum absolute atomic E-state index is 12.7. The molecule has 1 amide bonds. The molecule has 1 atom stereocenters. The highest BCUT2D eigenvalue weighted by Gasteiger charge is 2.28. The number of fused-ring (bicyclic) bond motifs is 1. The van der Waals surface area contributed by atoms with Crippen molar-refractivity contribution in [1.82, 2.24) is 10.2 Å². The fourth-order valence-electron chi connectivity index (χ4n) is 3.43. The number of hydrogen-bond donors (Lipinski definition) is 1. The number of nitrogens with one attached hydrogen (secondary N) is 1. The number of benzene rings is 1. The van der Waals surface area contributed by atoms with Gasteiger partial charge in [-0.15, -0.1) is 12.4 Å². The molecule has 1 aromatic rings. The second-order valence-corrected chi connectivity index (χ2v) is 8.21. The van der Waals surface area contributed by atoms with Crippen LogP contribution >= 0.6 is 12.4 Å². The smallest absolute Gasteiger partial charge is 0.253 e. The maximum Gasteiger partial charge on any atom is 0.253 e. The molecule has 2 aliphatic heterocycles. The molecule has 24 heavy (non-hydrogen) atoms. The van der Waals surface area contributed by atoms with Crippen molar-refractivity contribution >= 4 is 34.0 Å². The van der Waals surface area contributed by atoms with E-state index in [9.17, 15) is 13.2 Å². The number of carbonyl (C=O) groups is 1. The first-order chi connectivity index (χ1) is 10.9. The van der Waals surface area contributed by atoms with Gasteiger partial charge in [0.15, 0.2) is 0 Å². The molecule has 0 spiro atoms. The third kappa shape index (κ3) is 3.68. The molecule has 0 radical (unpaired) electrons. The van der Waals surface area contributed by atoms with Gasteiger partial charge < -0.3 is 10.2 Å². The Balaban J connectivity index is 0.00000208. The van der Waals surface area contributed by atoms with Crippen molar-refractivity contribution in [3.05, 3.63) is 29.3 Å². The third-order valence-corrected chi connectivity index (χ3v) is 5.88. The van der Waals surface area contributed by atoms with Crippen LogP contribution in [0, 0.1) is 0 Å². The zero-order valence-electron chi connectivity index (χ0n) is 14.0. The Morgan fingerprint density at radius 1 is 1.29 bits per heavy atom. The predicted octanol–water partition coefficient (Wildman–Crippen LogP) is 1.25. The summed E-state index contributed by atoms with van der Waals surface area (Å²) in [7, 11) is -1.33. The second-order valence-electron chi connectivity index (χ2n) is 6.31. The first kappa shape index (κ1) is 19.0. The van der Waals surface area contributed by atoms with Crippen molar-refractivity contribution < 1.29 is 13.2 Å². The largest absolute Gasteiger partial charge is 0.337 e. The number of anilines is 1. The number of rotatable bonds is 3. The molecule has 6 nitrogen and oxygen atoms in total. The molecule has 1 N–H and O–H groups in total. The lowest BCUT2D eigenvalue weighted by Gasteiger charge is -2.32. The summed E-state index contributed by atoms with van der Waals surface area (Å²) in [6.07, 6.45) is 3.97. The third-order valence-electron chi connectivity index (χ3n) is 4.70. The van der Waals surface area contributed by atoms with Crippen LogP contribution in [0.25, 0.3) is 0 Å². The monoisotopic (exact) mass is 373 g/mol. The predicted molar refractivity (Wildman–Crippen MR) is 97.6 cm³/mol. The highest BCUT2D eigenvalue weighted by molar-refractivity contribution is 7.92. The van der Waals surface area contributed by atoms with Crippen LogP contribution in [0.2, 0.25) is 0 Å². The van der Waals surface area contributed by atoms with Gasteiger partial charge in [-0.3, -0.25) is 9.10 Å². The Morgan fingerprint density at radius 2 is 2.04 bits per heavy atom. The second kappa shape index (κ2) is 7.29. The molecule has 134 valence electrons. The van der Waals surface area contributed by atoms with Gasteiger partial charge in [0.25, 0.3) is 5.91 Å². The number of halogens is 1. The van der Waals surface area contributed by atoms with Crippen LogP contribution in [0.1, 0.15) is 28.8 Å². The number of likely N-dealkylation sites (tertiary alicyclic amines) is 1. The molecule has 0 bridgehead atoms. The van der Waals surface area contributed by atoms with Gasteiger partial charge in [-0.05, 0) is 50.1 Å². The van der Waals surface area contributed by atoms with E-state index in [1.807, 2.05) is 18.0 Å². The standard InChI is InChI=1S/C16H23N3O3S.ClH/c1-17-14-4-3-8-18(11-14)16(20)13-5-6-15-12(10-13)7-9-19(15)23(2,21)22;/h5-6,10,14,17H,3-4,7-9,11H2,1-2H3;1H. The van der Waals surface area contributed by atoms with E-state index in [-0.39, 0.29) is 18.3 Å². The molecule has 0 aliphatic carbocycles. The van der Waals surface area contributed by atoms with E-state index in [0.717, 1.165) is 31.5 Å². The van der Waals surface area contributed by atoms with Crippen LogP contribution < -0.4 is 9.62 Å². The Labute approximate surface area is 149 Å². The molecule has 0 aromatic heterocycles. The number of likely N-dealkylation sites (N-methyl/N-ethyl adjacent to an activating group) is 1. The molecule has 1 fully saturated rings. The number of piperidine rings is 1. The van der Waals surface area contributed by atoms with Gasteiger partial charge in [0.1, 0.15) is 0 Å². The van der Waals surface area contributed by atoms with Crippen LogP contribution in [-0.4, -0.2) is 58.2 Å². The van der Waals surface area contributed by atoms with E-state index in [1.54, 1.807) is 12.1 Å². The highest BCUT2D eigenvalue weighted by atomic mass is 35.5. The number of sulfonamides is 1. The molecule has 1 aromatic carbocycles. The van der Waals surface area contributed by atoms with Crippen molar-refractivity contribution in [3.63, 3.8) is 0 Å². The Hall–Kier alpha value is -1.31. The van der Waals surface area contributed by atoms with E-state index in [2.05, 4.69) is 5.32 Å². The maximum atomic E-state index is 12.7. The van der Waals surface area contributed by atoms with Gasteiger partial charge in [-0.1, -0.05) is 0 Å². The molecule has 3 rings (SSSR count). The number of amides is 1. The summed E-state index contributed by atoms with van der Waals surface area (Å²) in [5, 5.41) is 3.24. The Morgan fingerprint density at radius 3 is 2.71 bits per heavy atom. The molecule has 1 saturated heterocycles. The molecule has 1 unspecified atom stereocenters. The summed E-state index contributed by atoms with van der Waals surface area (Å²) in [5.74, 6) is 0.0329. The number of carbonyl (C=O) groups excluding carboxylic acids is 1. The van der Waals surface area contributed by atoms with Crippen LogP contribution in [-0.2, 0) is 16.4 Å². The first-order valence-corrected chi connectivity index (χ1v) is 9.82. The zero-order valence-corrected chi connectivity index (χ0v) is 15.6. The number of hydrogen-bond acceptors (Lipinski definition) is 4. The summed E-state index contributed by atoms with van der Waals surface area (Å²) in [5.41, 5.74) is 2.29. The van der Waals surface area contributed by atoms with E-state index < -0.39 is 10.0 Å². The average molecular weight is 374 g/mol. The van der Waals surface area contributed by atoms with Crippen molar-refractivity contribution in [2.24, 2.45) is 0 Å². The van der Waals surface area contributed by atoms with E-state index in [4.69, 9.17) is 0 Å². The normalized spacial score (nSPS) is 20.5. The zero-order chi connectivity index (χ0) is 16.6. The van der Waals surface area contributed by atoms with Crippen molar-refractivity contribution in [1.29, 1.82) is 0 Å². The van der Waals surface area contributed by atoms with Crippen molar-refractivity contribution in [2.75, 3.05) is 37.2 Å². The van der Waals surface area contributed by atoms with Gasteiger partial charge in [-0.25, -0.2) is 8.42 Å². The van der Waals surface area contributed by atoms with Gasteiger partial charge in [0.2, 0.25) is 10.0 Å². The minimum Gasteiger partial charge on any atom is -0.337 e. The summed E-state index contributed by atoms with van der Waals surface area (Å²) in [4.78, 5) is 14.6. The Kier molecular flexibility index (Phi) is 5.78. The average Bonchev–Trinajstić information content (AvgIpc) is 2.97. The summed E-state index contributed by atoms with van der Waals surface area (Å²) >= 11 is 0. The van der Waals surface area contributed by atoms with Crippen LogP contribution in [0.3, 0.4) is 0 Å². The van der Waals surface area contributed by atoms with Crippen LogP contribution in [0.5, 0.6) is 0 Å². The highest BCUT2D eigenvalue weighted by Crippen LogP contribution is 2.31. The molecule has 0 saturated carbocycles. The molecular weight excluding hydrogens is 350 g/mol. The van der Waals surface area contributed by atoms with Crippen molar-refractivity contribution in [3.8, 4) is 0 Å². The molecular formula is C16H24ClN3O3S. The lowest BCUT2D eigenvalue weighted by Crippen LogP contribution is -2.46. The van der Waals surface area contributed by atoms with Crippen LogP contribution in [0.4, 0.5) is 5.69 Å². The Bertz CT molecular complexity index is 723. The number of nitrogens with zero attached hydrogens (tertiary/aromatic N) is 2. The quantitative estimate of drug-likeness (QED) is 0.865. The lowest BCUT2D eigenvalue weighted by molar-refractivity contribution is 0.0698. The summed E-state index contributed by atoms with van der Waals surface area (Å²) in [6, 6.07) is 5.71. The topological polar surface area (TPSA) is 69.7 Å². The molecule has 2 heterocycles.